The van der Waals surface area contributed by atoms with Gasteiger partial charge in [0, 0.05) is 22.9 Å². The van der Waals surface area contributed by atoms with Gasteiger partial charge in [0.1, 0.15) is 11.6 Å². The molecule has 0 N–H and O–H groups in total. The van der Waals surface area contributed by atoms with Crippen LogP contribution in [0.1, 0.15) is 26.4 Å². The Hall–Kier alpha value is -3.99. The number of nitrogens with zero attached hydrogens (tertiary/aromatic N) is 2. The summed E-state index contributed by atoms with van der Waals surface area (Å²) in [6, 6.07) is 20.2. The molecular weight excluding hydrogens is 364 g/mol. The molecule has 0 unspecified atom stereocenters. The first-order chi connectivity index (χ1) is 14.2. The lowest BCUT2D eigenvalue weighted by atomic mass is 10.1. The number of methoxy groups -OCH3 is 1. The number of ether oxygens (including phenoxy) is 1. The summed E-state index contributed by atoms with van der Waals surface area (Å²) < 4.78 is 7.18. The number of allylic oxidation sites excluding steroid dienone is 1. The van der Waals surface area contributed by atoms with E-state index in [1.807, 2.05) is 53.1 Å². The van der Waals surface area contributed by atoms with E-state index in [-0.39, 0.29) is 17.1 Å². The van der Waals surface area contributed by atoms with Crippen molar-refractivity contribution in [3.63, 3.8) is 0 Å². The van der Waals surface area contributed by atoms with Gasteiger partial charge < -0.3 is 4.74 Å². The fourth-order valence-electron chi connectivity index (χ4n) is 3.65. The Labute approximate surface area is 166 Å². The van der Waals surface area contributed by atoms with Gasteiger partial charge in [0.15, 0.2) is 11.6 Å². The summed E-state index contributed by atoms with van der Waals surface area (Å²) in [5, 5.41) is 0. The average Bonchev–Trinajstić information content (AvgIpc) is 3.25. The van der Waals surface area contributed by atoms with Crippen LogP contribution in [0.25, 0.3) is 23.0 Å². The maximum Gasteiger partial charge on any atom is 0.197 e. The molecule has 5 nitrogen and oxygen atoms in total. The summed E-state index contributed by atoms with van der Waals surface area (Å²) >= 11 is 0. The van der Waals surface area contributed by atoms with Crippen molar-refractivity contribution in [2.24, 2.45) is 0 Å². The van der Waals surface area contributed by atoms with Crippen LogP contribution in [0, 0.1) is 0 Å². The Morgan fingerprint density at radius 1 is 0.862 bits per heavy atom. The van der Waals surface area contributed by atoms with Gasteiger partial charge in [-0.15, -0.1) is 0 Å². The summed E-state index contributed by atoms with van der Waals surface area (Å²) in [7, 11) is 1.62. The van der Waals surface area contributed by atoms with Crippen LogP contribution in [0.4, 0.5) is 0 Å². The molecule has 0 saturated heterocycles. The van der Waals surface area contributed by atoms with Gasteiger partial charge in [0.2, 0.25) is 0 Å². The van der Waals surface area contributed by atoms with Crippen LogP contribution in [0.2, 0.25) is 0 Å². The maximum atomic E-state index is 12.8. The SMILES string of the molecule is COc1ccc(-c2nc(C=C3C(=O)c4ccccc4C3=O)c3ccccn23)cc1. The summed E-state index contributed by atoms with van der Waals surface area (Å²) in [6.45, 7) is 0. The van der Waals surface area contributed by atoms with Crippen LogP contribution in [-0.2, 0) is 0 Å². The van der Waals surface area contributed by atoms with E-state index in [0.717, 1.165) is 22.7 Å². The van der Waals surface area contributed by atoms with Crippen LogP contribution in [0.15, 0.2) is 78.5 Å². The molecule has 140 valence electrons. The van der Waals surface area contributed by atoms with Crippen LogP contribution in [0.5, 0.6) is 5.75 Å². The Morgan fingerprint density at radius 2 is 1.52 bits per heavy atom. The minimum Gasteiger partial charge on any atom is -0.497 e. The number of fused-ring (bicyclic) bond motifs is 2. The van der Waals surface area contributed by atoms with E-state index in [1.165, 1.54) is 0 Å². The highest BCUT2D eigenvalue weighted by Gasteiger charge is 2.33. The smallest absolute Gasteiger partial charge is 0.197 e. The third-order valence-corrected chi connectivity index (χ3v) is 5.11. The van der Waals surface area contributed by atoms with Gasteiger partial charge in [-0.1, -0.05) is 30.3 Å². The van der Waals surface area contributed by atoms with Gasteiger partial charge in [-0.2, -0.15) is 0 Å². The first kappa shape index (κ1) is 17.1. The third-order valence-electron chi connectivity index (χ3n) is 5.11. The van der Waals surface area contributed by atoms with Crippen molar-refractivity contribution in [1.82, 2.24) is 9.38 Å². The van der Waals surface area contributed by atoms with Crippen LogP contribution in [-0.4, -0.2) is 28.1 Å². The zero-order valence-electron chi connectivity index (χ0n) is 15.6. The molecule has 2 heterocycles. The average molecular weight is 380 g/mol. The molecule has 0 amide bonds. The van der Waals surface area contributed by atoms with Gasteiger partial charge in [0.25, 0.3) is 0 Å². The van der Waals surface area contributed by atoms with E-state index in [0.29, 0.717) is 16.8 Å². The molecule has 1 aliphatic rings. The molecule has 1 aliphatic carbocycles. The highest BCUT2D eigenvalue weighted by Crippen LogP contribution is 2.30. The first-order valence-corrected chi connectivity index (χ1v) is 9.19. The monoisotopic (exact) mass is 380 g/mol. The summed E-state index contributed by atoms with van der Waals surface area (Å²) in [5.74, 6) is 0.977. The second-order valence-corrected chi connectivity index (χ2v) is 6.77. The van der Waals surface area contributed by atoms with Crippen molar-refractivity contribution in [2.45, 2.75) is 0 Å². The number of Topliss-reactive ketones (excluding diaryl/α,β-unsaturated/α-hetero) is 2. The van der Waals surface area contributed by atoms with Crippen molar-refractivity contribution in [3.8, 4) is 17.1 Å². The zero-order chi connectivity index (χ0) is 20.0. The molecule has 2 aromatic carbocycles. The quantitative estimate of drug-likeness (QED) is 0.389. The normalized spacial score (nSPS) is 13.1. The fraction of sp³-hybridized carbons (Fsp3) is 0.0417. The van der Waals surface area contributed by atoms with Crippen molar-refractivity contribution in [1.29, 1.82) is 0 Å². The fourth-order valence-corrected chi connectivity index (χ4v) is 3.65. The lowest BCUT2D eigenvalue weighted by Crippen LogP contribution is -2.00. The highest BCUT2D eigenvalue weighted by atomic mass is 16.5. The number of rotatable bonds is 3. The molecule has 4 aromatic rings. The van der Waals surface area contributed by atoms with Crippen LogP contribution in [0.3, 0.4) is 0 Å². The number of ketones is 2. The minimum atomic E-state index is -0.256. The van der Waals surface area contributed by atoms with Gasteiger partial charge in [-0.05, 0) is 42.5 Å². The molecular formula is C24H16N2O3. The molecule has 0 spiro atoms. The van der Waals surface area contributed by atoms with Crippen molar-refractivity contribution < 1.29 is 14.3 Å². The van der Waals surface area contributed by atoms with Crippen molar-refractivity contribution >= 4 is 23.2 Å². The summed E-state index contributed by atoms with van der Waals surface area (Å²) in [6.07, 6.45) is 3.52. The topological polar surface area (TPSA) is 60.7 Å². The summed E-state index contributed by atoms with van der Waals surface area (Å²) in [5.41, 5.74) is 3.36. The predicted molar refractivity (Wildman–Crippen MR) is 110 cm³/mol. The van der Waals surface area contributed by atoms with Crippen molar-refractivity contribution in [3.05, 3.63) is 95.3 Å². The minimum absolute atomic E-state index is 0.149. The predicted octanol–water partition coefficient (Wildman–Crippen LogP) is 4.47. The number of benzene rings is 2. The summed E-state index contributed by atoms with van der Waals surface area (Å²) in [4.78, 5) is 30.3. The molecule has 0 aliphatic heterocycles. The Balaban J connectivity index is 1.66. The van der Waals surface area contributed by atoms with E-state index in [4.69, 9.17) is 9.72 Å². The molecule has 0 saturated carbocycles. The van der Waals surface area contributed by atoms with Gasteiger partial charge in [-0.25, -0.2) is 4.98 Å². The number of carbonyl (C=O) groups is 2. The highest BCUT2D eigenvalue weighted by molar-refractivity contribution is 6.41. The van der Waals surface area contributed by atoms with Gasteiger partial charge in [-0.3, -0.25) is 14.0 Å². The van der Waals surface area contributed by atoms with E-state index in [2.05, 4.69) is 0 Å². The first-order valence-electron chi connectivity index (χ1n) is 9.19. The Kier molecular flexibility index (Phi) is 3.88. The lowest BCUT2D eigenvalue weighted by molar-refractivity contribution is 0.0990. The van der Waals surface area contributed by atoms with E-state index >= 15 is 0 Å². The Morgan fingerprint density at radius 3 is 2.17 bits per heavy atom. The maximum absolute atomic E-state index is 12.8. The standard InChI is InChI=1S/C24H16N2O3/c1-29-16-11-9-15(10-12-16)24-25-20(21-8-4-5-13-26(21)24)14-19-22(27)17-6-2-3-7-18(17)23(19)28/h2-14H,1H3. The largest absolute Gasteiger partial charge is 0.497 e. The van der Waals surface area contributed by atoms with E-state index < -0.39 is 0 Å². The lowest BCUT2D eigenvalue weighted by Gasteiger charge is -2.03. The molecule has 5 heteroatoms. The van der Waals surface area contributed by atoms with E-state index in [9.17, 15) is 9.59 Å². The Bertz CT molecular complexity index is 1280. The second-order valence-electron chi connectivity index (χ2n) is 6.77. The number of hydrogen-bond acceptors (Lipinski definition) is 4. The van der Waals surface area contributed by atoms with Gasteiger partial charge >= 0.3 is 0 Å². The number of hydrogen-bond donors (Lipinski definition) is 0. The number of aromatic nitrogens is 2. The third kappa shape index (κ3) is 2.67. The molecule has 2 aromatic heterocycles. The second kappa shape index (κ2) is 6.56. The molecule has 29 heavy (non-hydrogen) atoms. The molecule has 0 fully saturated rings. The number of imidazole rings is 1. The molecule has 0 bridgehead atoms. The molecule has 0 radical (unpaired) electrons. The van der Waals surface area contributed by atoms with Gasteiger partial charge in [0.05, 0.1) is 23.9 Å². The van der Waals surface area contributed by atoms with E-state index in [1.54, 1.807) is 37.5 Å². The van der Waals surface area contributed by atoms with Crippen LogP contribution < -0.4 is 4.74 Å². The van der Waals surface area contributed by atoms with Crippen molar-refractivity contribution in [2.75, 3.05) is 7.11 Å². The molecule has 0 atom stereocenters. The molecule has 5 rings (SSSR count). The number of pyridine rings is 1. The zero-order valence-corrected chi connectivity index (χ0v) is 15.6. The van der Waals surface area contributed by atoms with Crippen LogP contribution >= 0.6 is 0 Å². The number of carbonyl (C=O) groups excluding carboxylic acids is 2.